The second kappa shape index (κ2) is 5.25. The van der Waals surface area contributed by atoms with Crippen LogP contribution in [0.2, 0.25) is 0 Å². The fraction of sp³-hybridized carbons (Fsp3) is 0.682. The van der Waals surface area contributed by atoms with Crippen molar-refractivity contribution in [2.45, 2.75) is 51.6 Å². The summed E-state index contributed by atoms with van der Waals surface area (Å²) in [6.07, 6.45) is 1.99. The lowest BCUT2D eigenvalue weighted by molar-refractivity contribution is -0.434. The highest BCUT2D eigenvalue weighted by Gasteiger charge is 2.86. The van der Waals surface area contributed by atoms with E-state index in [1.54, 1.807) is 19.9 Å². The fourth-order valence-electron chi connectivity index (χ4n) is 7.53. The predicted molar refractivity (Wildman–Crippen MR) is 99.1 cm³/mol. The number of ketones is 2. The Morgan fingerprint density at radius 3 is 2.66 bits per heavy atom. The Morgan fingerprint density at radius 1 is 1.31 bits per heavy atom. The first-order valence-corrected chi connectivity index (χ1v) is 10.1. The van der Waals surface area contributed by atoms with Gasteiger partial charge in [0.25, 0.3) is 0 Å². The van der Waals surface area contributed by atoms with Crippen molar-refractivity contribution < 1.29 is 34.1 Å². The van der Waals surface area contributed by atoms with Crippen molar-refractivity contribution in [3.63, 3.8) is 0 Å². The average molecular weight is 402 g/mol. The number of rotatable bonds is 1. The monoisotopic (exact) mass is 402 g/mol. The Bertz CT molecular complexity index is 903. The molecule has 5 fully saturated rings. The summed E-state index contributed by atoms with van der Waals surface area (Å²) in [5, 5.41) is 23.3. The van der Waals surface area contributed by atoms with Gasteiger partial charge >= 0.3 is 5.97 Å². The molecule has 0 unspecified atom stereocenters. The van der Waals surface area contributed by atoms with Gasteiger partial charge in [-0.2, -0.15) is 0 Å². The summed E-state index contributed by atoms with van der Waals surface area (Å²) in [7, 11) is 0. The van der Waals surface area contributed by atoms with Gasteiger partial charge in [-0.15, -0.1) is 0 Å². The lowest BCUT2D eigenvalue weighted by Crippen LogP contribution is -2.83. The van der Waals surface area contributed by atoms with Crippen molar-refractivity contribution in [1.29, 1.82) is 0 Å². The molecular weight excluding hydrogens is 376 g/mol. The van der Waals surface area contributed by atoms with Crippen molar-refractivity contribution in [2.24, 2.45) is 34.0 Å². The zero-order valence-corrected chi connectivity index (χ0v) is 16.8. The highest BCUT2D eigenvalue weighted by molar-refractivity contribution is 6.05. The summed E-state index contributed by atoms with van der Waals surface area (Å²) >= 11 is 0. The summed E-state index contributed by atoms with van der Waals surface area (Å²) in [6.45, 7) is 8.81. The maximum absolute atomic E-state index is 13.6. The van der Waals surface area contributed by atoms with Crippen molar-refractivity contribution in [2.75, 3.05) is 6.61 Å². The molecule has 4 aliphatic carbocycles. The lowest BCUT2D eigenvalue weighted by atomic mass is 9.37. The SMILES string of the molecule is C=C1C(=O)[C@]23[C@H](OC(C)=O)[C@H]1CC[C@H]2[C@]12C=CC(=O)C(C)(C)[C@H]1[C@H](O)[C@]3(O)OC2. The maximum atomic E-state index is 13.6. The first kappa shape index (κ1) is 19.2. The third kappa shape index (κ3) is 1.76. The number of esters is 1. The minimum Gasteiger partial charge on any atom is -0.461 e. The Morgan fingerprint density at radius 2 is 2.00 bits per heavy atom. The van der Waals surface area contributed by atoms with Crippen LogP contribution >= 0.6 is 0 Å². The molecule has 3 saturated carbocycles. The van der Waals surface area contributed by atoms with Gasteiger partial charge in [0, 0.05) is 29.6 Å². The Labute approximate surface area is 168 Å². The quantitative estimate of drug-likeness (QED) is 0.496. The molecule has 7 heteroatoms. The zero-order valence-electron chi connectivity index (χ0n) is 16.8. The van der Waals surface area contributed by atoms with Gasteiger partial charge in [0.05, 0.1) is 6.61 Å². The summed E-state index contributed by atoms with van der Waals surface area (Å²) in [6, 6.07) is 0. The molecule has 0 amide bonds. The fourth-order valence-corrected chi connectivity index (χ4v) is 7.53. The first-order chi connectivity index (χ1) is 13.5. The molecule has 6 rings (SSSR count). The molecule has 0 aromatic heterocycles. The van der Waals surface area contributed by atoms with Gasteiger partial charge in [0.2, 0.25) is 5.79 Å². The van der Waals surface area contributed by atoms with E-state index >= 15 is 0 Å². The molecule has 8 atom stereocenters. The number of hydrogen-bond acceptors (Lipinski definition) is 7. The van der Waals surface area contributed by atoms with Crippen LogP contribution in [0.25, 0.3) is 0 Å². The van der Waals surface area contributed by atoms with Crippen LogP contribution in [0.1, 0.15) is 33.6 Å². The molecule has 0 aromatic carbocycles. The Balaban J connectivity index is 1.81. The number of aliphatic hydroxyl groups excluding tert-OH is 1. The molecule has 2 heterocycles. The number of fused-ring (bicyclic) bond motifs is 2. The van der Waals surface area contributed by atoms with Crippen molar-refractivity contribution >= 4 is 17.5 Å². The second-order valence-electron chi connectivity index (χ2n) is 9.93. The number of Topliss-reactive ketones (excluding diaryl/α,β-unsaturated/α-hetero) is 1. The van der Waals surface area contributed by atoms with E-state index in [2.05, 4.69) is 6.58 Å². The van der Waals surface area contributed by atoms with E-state index in [1.807, 2.05) is 0 Å². The largest absolute Gasteiger partial charge is 0.461 e. The summed E-state index contributed by atoms with van der Waals surface area (Å²) in [5.41, 5.74) is -3.10. The lowest BCUT2D eigenvalue weighted by Gasteiger charge is -2.72. The molecule has 0 aromatic rings. The van der Waals surface area contributed by atoms with Crippen LogP contribution in [-0.2, 0) is 23.9 Å². The van der Waals surface area contributed by atoms with Gasteiger partial charge in [-0.05, 0) is 30.4 Å². The van der Waals surface area contributed by atoms with Crippen LogP contribution in [-0.4, -0.2) is 52.4 Å². The van der Waals surface area contributed by atoms with Crippen molar-refractivity contribution in [1.82, 2.24) is 0 Å². The topological polar surface area (TPSA) is 110 Å². The highest BCUT2D eigenvalue weighted by atomic mass is 16.6. The number of carbonyl (C=O) groups excluding carboxylic acids is 3. The molecule has 2 spiro atoms. The van der Waals surface area contributed by atoms with Crippen LogP contribution < -0.4 is 0 Å². The predicted octanol–water partition coefficient (Wildman–Crippen LogP) is 0.931. The third-order valence-corrected chi connectivity index (χ3v) is 8.58. The van der Waals surface area contributed by atoms with E-state index in [0.717, 1.165) is 0 Å². The normalized spacial score (nSPS) is 51.6. The minimum atomic E-state index is -2.26. The molecule has 7 nitrogen and oxygen atoms in total. The molecule has 2 N–H and O–H groups in total. The maximum Gasteiger partial charge on any atom is 0.302 e. The van der Waals surface area contributed by atoms with Gasteiger partial charge in [0.15, 0.2) is 11.6 Å². The summed E-state index contributed by atoms with van der Waals surface area (Å²) < 4.78 is 11.5. The van der Waals surface area contributed by atoms with E-state index < -0.39 is 63.7 Å². The zero-order chi connectivity index (χ0) is 21.1. The van der Waals surface area contributed by atoms with E-state index in [1.165, 1.54) is 13.0 Å². The number of allylic oxidation sites excluding steroid dienone is 1. The average Bonchev–Trinajstić information content (AvgIpc) is 2.76. The van der Waals surface area contributed by atoms with Crippen LogP contribution in [0, 0.1) is 34.0 Å². The third-order valence-electron chi connectivity index (χ3n) is 8.58. The Hall–Kier alpha value is -1.83. The molecule has 6 aliphatic rings. The molecule has 2 saturated heterocycles. The second-order valence-corrected chi connectivity index (χ2v) is 9.93. The molecule has 2 aliphatic heterocycles. The minimum absolute atomic E-state index is 0.0854. The molecule has 0 radical (unpaired) electrons. The van der Waals surface area contributed by atoms with E-state index in [4.69, 9.17) is 9.47 Å². The van der Waals surface area contributed by atoms with Gasteiger partial charge in [-0.25, -0.2) is 0 Å². The van der Waals surface area contributed by atoms with Crippen LogP contribution in [0.3, 0.4) is 0 Å². The molecule has 156 valence electrons. The van der Waals surface area contributed by atoms with Crippen LogP contribution in [0.5, 0.6) is 0 Å². The van der Waals surface area contributed by atoms with E-state index in [-0.39, 0.29) is 12.4 Å². The van der Waals surface area contributed by atoms with Gasteiger partial charge < -0.3 is 19.7 Å². The van der Waals surface area contributed by atoms with Gasteiger partial charge in [-0.3, -0.25) is 14.4 Å². The van der Waals surface area contributed by atoms with E-state index in [0.29, 0.717) is 18.4 Å². The number of aliphatic hydroxyl groups is 2. The number of hydrogen-bond donors (Lipinski definition) is 2. The Kier molecular flexibility index (Phi) is 3.47. The summed E-state index contributed by atoms with van der Waals surface area (Å²) in [4.78, 5) is 38.2. The van der Waals surface area contributed by atoms with Crippen LogP contribution in [0.15, 0.2) is 24.3 Å². The van der Waals surface area contributed by atoms with Crippen molar-refractivity contribution in [3.05, 3.63) is 24.3 Å². The summed E-state index contributed by atoms with van der Waals surface area (Å²) in [5.74, 6) is -4.86. The molecule has 4 bridgehead atoms. The molecular formula is C22H26O7. The first-order valence-electron chi connectivity index (χ1n) is 10.1. The van der Waals surface area contributed by atoms with Crippen LogP contribution in [0.4, 0.5) is 0 Å². The molecule has 29 heavy (non-hydrogen) atoms. The standard InChI is InChI=1S/C22H26O7/c1-10-12-5-6-13-20-8-7-14(24)19(3,4)15(20)17(26)22(27,28-9-20)21(13,16(10)25)18(12)29-11(2)23/h7-8,12-13,15,17-18,26-27H,1,5-6,9H2,2-4H3/t12-,13-,15+,17-,18+,20+,21-,22-/m0/s1. The van der Waals surface area contributed by atoms with E-state index in [9.17, 15) is 24.6 Å². The smallest absolute Gasteiger partial charge is 0.302 e. The van der Waals surface area contributed by atoms with Crippen molar-refractivity contribution in [3.8, 4) is 0 Å². The van der Waals surface area contributed by atoms with Gasteiger partial charge in [0.1, 0.15) is 17.6 Å². The number of ether oxygens (including phenoxy) is 2. The van der Waals surface area contributed by atoms with Gasteiger partial charge in [-0.1, -0.05) is 26.5 Å². The highest BCUT2D eigenvalue weighted by Crippen LogP contribution is 2.75. The number of carbonyl (C=O) groups is 3.